The minimum atomic E-state index is 0.727. The normalized spacial score (nSPS) is 14.3. The summed E-state index contributed by atoms with van der Waals surface area (Å²) in [5, 5.41) is 1.18. The molecule has 176 valence electrons. The Hall–Kier alpha value is -3.02. The average molecular weight is 474 g/mol. The van der Waals surface area contributed by atoms with Gasteiger partial charge in [-0.2, -0.15) is 0 Å². The van der Waals surface area contributed by atoms with Crippen molar-refractivity contribution >= 4 is 21.4 Å². The van der Waals surface area contributed by atoms with Crippen LogP contribution < -0.4 is 14.2 Å². The Balaban J connectivity index is 1.47. The molecule has 0 bridgehead atoms. The van der Waals surface area contributed by atoms with Crippen LogP contribution in [0.5, 0.6) is 17.2 Å². The van der Waals surface area contributed by atoms with Gasteiger partial charge in [-0.3, -0.25) is 4.90 Å². The number of hydrogen-bond acceptors (Lipinski definition) is 5. The van der Waals surface area contributed by atoms with E-state index in [1.807, 2.05) is 18.2 Å². The summed E-state index contributed by atoms with van der Waals surface area (Å²) < 4.78 is 18.5. The van der Waals surface area contributed by atoms with E-state index in [1.165, 1.54) is 52.9 Å². The lowest BCUT2D eigenvalue weighted by molar-refractivity contribution is 0.183. The van der Waals surface area contributed by atoms with Crippen molar-refractivity contribution in [3.63, 3.8) is 0 Å². The predicted octanol–water partition coefficient (Wildman–Crippen LogP) is 7.12. The molecule has 4 aromatic rings. The molecule has 0 N–H and O–H groups in total. The molecule has 0 spiro atoms. The number of hydrogen-bond donors (Lipinski definition) is 0. The highest BCUT2D eigenvalue weighted by Crippen LogP contribution is 2.48. The Bertz CT molecular complexity index is 1240. The highest BCUT2D eigenvalue weighted by Gasteiger charge is 2.19. The zero-order valence-electron chi connectivity index (χ0n) is 19.9. The second-order valence-electron chi connectivity index (χ2n) is 8.64. The molecule has 4 nitrogen and oxygen atoms in total. The van der Waals surface area contributed by atoms with Gasteiger partial charge < -0.3 is 14.2 Å². The number of ether oxygens (including phenoxy) is 3. The molecule has 1 fully saturated rings. The minimum absolute atomic E-state index is 0.727. The van der Waals surface area contributed by atoms with Gasteiger partial charge in [0.25, 0.3) is 0 Å². The molecule has 2 heterocycles. The number of methoxy groups -OCH3 is 2. The van der Waals surface area contributed by atoms with Gasteiger partial charge in [-0.05, 0) is 74.0 Å². The Morgan fingerprint density at radius 3 is 2.35 bits per heavy atom. The van der Waals surface area contributed by atoms with Crippen molar-refractivity contribution in [3.8, 4) is 38.8 Å². The lowest BCUT2D eigenvalue weighted by Gasteiger charge is -2.26. The van der Waals surface area contributed by atoms with Gasteiger partial charge in [-0.1, -0.05) is 30.7 Å². The van der Waals surface area contributed by atoms with Crippen molar-refractivity contribution < 1.29 is 14.2 Å². The van der Waals surface area contributed by atoms with E-state index in [1.54, 1.807) is 25.6 Å². The van der Waals surface area contributed by atoms with Crippen LogP contribution in [0.15, 0.2) is 66.7 Å². The molecule has 0 aliphatic carbocycles. The van der Waals surface area contributed by atoms with Gasteiger partial charge in [0.1, 0.15) is 23.9 Å². The van der Waals surface area contributed by atoms with Crippen LogP contribution in [0.2, 0.25) is 0 Å². The molecule has 1 saturated heterocycles. The van der Waals surface area contributed by atoms with Crippen LogP contribution in [0.1, 0.15) is 19.3 Å². The number of para-hydroxylation sites is 1. The quantitative estimate of drug-likeness (QED) is 0.273. The summed E-state index contributed by atoms with van der Waals surface area (Å²) in [6, 6.07) is 23.0. The number of nitrogens with zero attached hydrogens (tertiary/aromatic N) is 1. The number of benzene rings is 3. The largest absolute Gasteiger partial charge is 0.497 e. The molecule has 3 aromatic carbocycles. The summed E-state index contributed by atoms with van der Waals surface area (Å²) in [5.41, 5.74) is 3.45. The van der Waals surface area contributed by atoms with E-state index in [0.717, 1.165) is 41.5 Å². The smallest absolute Gasteiger partial charge is 0.127 e. The maximum absolute atomic E-state index is 6.08. The molecule has 0 unspecified atom stereocenters. The van der Waals surface area contributed by atoms with Crippen molar-refractivity contribution in [2.24, 2.45) is 0 Å². The molecule has 5 heteroatoms. The van der Waals surface area contributed by atoms with E-state index < -0.39 is 0 Å². The summed E-state index contributed by atoms with van der Waals surface area (Å²) in [5.74, 6) is 2.65. The summed E-state index contributed by atoms with van der Waals surface area (Å²) in [4.78, 5) is 3.70. The second kappa shape index (κ2) is 10.5. The fraction of sp³-hybridized carbons (Fsp3) is 0.310. The second-order valence-corrected chi connectivity index (χ2v) is 9.70. The van der Waals surface area contributed by atoms with Crippen LogP contribution in [0.4, 0.5) is 0 Å². The third-order valence-electron chi connectivity index (χ3n) is 6.51. The number of piperidine rings is 1. The molecular weight excluding hydrogens is 442 g/mol. The van der Waals surface area contributed by atoms with Gasteiger partial charge in [-0.15, -0.1) is 11.3 Å². The monoisotopic (exact) mass is 473 g/mol. The lowest BCUT2D eigenvalue weighted by atomic mass is 9.98. The van der Waals surface area contributed by atoms with Gasteiger partial charge in [0.05, 0.1) is 14.2 Å². The van der Waals surface area contributed by atoms with Crippen LogP contribution in [0.3, 0.4) is 0 Å². The van der Waals surface area contributed by atoms with Gasteiger partial charge in [-0.25, -0.2) is 0 Å². The van der Waals surface area contributed by atoms with E-state index in [0.29, 0.717) is 0 Å². The maximum Gasteiger partial charge on any atom is 0.127 e. The first-order valence-electron chi connectivity index (χ1n) is 12.0. The first-order valence-corrected chi connectivity index (χ1v) is 12.8. The van der Waals surface area contributed by atoms with E-state index in [9.17, 15) is 0 Å². The summed E-state index contributed by atoms with van der Waals surface area (Å²) in [6.45, 7) is 4.12. The molecule has 1 aliphatic rings. The average Bonchev–Trinajstić information content (AvgIpc) is 3.28. The van der Waals surface area contributed by atoms with Crippen LogP contribution in [-0.4, -0.2) is 45.4 Å². The maximum atomic E-state index is 6.08. The fourth-order valence-electron chi connectivity index (χ4n) is 4.71. The summed E-state index contributed by atoms with van der Waals surface area (Å²) >= 11 is 1.78. The molecule has 0 saturated carbocycles. The third-order valence-corrected chi connectivity index (χ3v) is 7.72. The van der Waals surface area contributed by atoms with Crippen LogP contribution in [-0.2, 0) is 0 Å². The molecule has 0 radical (unpaired) electrons. The number of rotatable bonds is 8. The van der Waals surface area contributed by atoms with Crippen LogP contribution in [0, 0.1) is 0 Å². The minimum Gasteiger partial charge on any atom is -0.497 e. The molecule has 1 aromatic heterocycles. The van der Waals surface area contributed by atoms with E-state index >= 15 is 0 Å². The van der Waals surface area contributed by atoms with Crippen molar-refractivity contribution in [2.45, 2.75) is 19.3 Å². The number of fused-ring (bicyclic) bond motifs is 1. The Kier molecular flexibility index (Phi) is 7.02. The molecule has 5 rings (SSSR count). The Morgan fingerprint density at radius 2 is 1.59 bits per heavy atom. The summed E-state index contributed by atoms with van der Waals surface area (Å²) in [7, 11) is 3.44. The molecule has 0 atom stereocenters. The Morgan fingerprint density at radius 1 is 0.824 bits per heavy atom. The first kappa shape index (κ1) is 22.8. The third kappa shape index (κ3) is 4.77. The number of likely N-dealkylation sites (tertiary alicyclic amines) is 1. The van der Waals surface area contributed by atoms with Gasteiger partial charge >= 0.3 is 0 Å². The van der Waals surface area contributed by atoms with E-state index in [-0.39, 0.29) is 0 Å². The Labute approximate surface area is 205 Å². The van der Waals surface area contributed by atoms with Gasteiger partial charge in [0, 0.05) is 32.6 Å². The van der Waals surface area contributed by atoms with Crippen LogP contribution >= 0.6 is 11.3 Å². The van der Waals surface area contributed by atoms with Gasteiger partial charge in [0.2, 0.25) is 0 Å². The predicted molar refractivity (Wildman–Crippen MR) is 142 cm³/mol. The fourth-order valence-corrected chi connectivity index (χ4v) is 5.94. The van der Waals surface area contributed by atoms with Crippen molar-refractivity contribution in [1.29, 1.82) is 0 Å². The number of thiophene rings is 1. The van der Waals surface area contributed by atoms with E-state index in [2.05, 4.69) is 53.4 Å². The zero-order chi connectivity index (χ0) is 23.3. The van der Waals surface area contributed by atoms with Crippen molar-refractivity contribution in [1.82, 2.24) is 4.90 Å². The SMILES string of the molecule is COc1ccc2sc(-c3ccccc3OC)c(-c3ccc(OCCN4CCCCC4)cc3)c2c1. The molecule has 34 heavy (non-hydrogen) atoms. The first-order chi connectivity index (χ1) is 16.8. The van der Waals surface area contributed by atoms with E-state index in [4.69, 9.17) is 14.2 Å². The highest BCUT2D eigenvalue weighted by atomic mass is 32.1. The molecule has 0 amide bonds. The topological polar surface area (TPSA) is 30.9 Å². The van der Waals surface area contributed by atoms with Crippen molar-refractivity contribution in [3.05, 3.63) is 66.7 Å². The standard InChI is InChI=1S/C29H31NO3S/c1-31-23-14-15-27-25(20-23)28(29(34-27)24-8-4-5-9-26(24)32-2)21-10-12-22(13-11-21)33-19-18-30-16-6-3-7-17-30/h4-5,8-15,20H,3,6-7,16-19H2,1-2H3. The lowest BCUT2D eigenvalue weighted by Crippen LogP contribution is -2.33. The zero-order valence-corrected chi connectivity index (χ0v) is 20.7. The van der Waals surface area contributed by atoms with Gasteiger partial charge in [0.15, 0.2) is 0 Å². The molecule has 1 aliphatic heterocycles. The van der Waals surface area contributed by atoms with Crippen molar-refractivity contribution in [2.75, 3.05) is 40.5 Å². The molecular formula is C29H31NO3S. The van der Waals surface area contributed by atoms with Crippen LogP contribution in [0.25, 0.3) is 31.7 Å². The highest BCUT2D eigenvalue weighted by molar-refractivity contribution is 7.23. The summed E-state index contributed by atoms with van der Waals surface area (Å²) in [6.07, 6.45) is 3.98.